The third-order valence-corrected chi connectivity index (χ3v) is 6.10. The molecule has 0 atom stereocenters. The normalized spacial score (nSPS) is 11.6. The van der Waals surface area contributed by atoms with Crippen LogP contribution in [0.3, 0.4) is 0 Å². The zero-order valence-electron chi connectivity index (χ0n) is 20.1. The quantitative estimate of drug-likeness (QED) is 0.271. The smallest absolute Gasteiger partial charge is 0.410 e. The van der Waals surface area contributed by atoms with Crippen LogP contribution in [0.15, 0.2) is 53.1 Å². The van der Waals surface area contributed by atoms with Gasteiger partial charge in [-0.2, -0.15) is 0 Å². The van der Waals surface area contributed by atoms with Crippen molar-refractivity contribution >= 4 is 33.3 Å². The molecule has 4 rings (SSSR count). The second-order valence-electron chi connectivity index (χ2n) is 9.09. The van der Waals surface area contributed by atoms with E-state index in [1.807, 2.05) is 45.9 Å². The van der Waals surface area contributed by atoms with Gasteiger partial charge in [0.2, 0.25) is 0 Å². The highest BCUT2D eigenvalue weighted by molar-refractivity contribution is 7.22. The molecule has 184 valence electrons. The van der Waals surface area contributed by atoms with Crippen LogP contribution in [0.1, 0.15) is 39.9 Å². The molecule has 0 aliphatic carbocycles. The number of carbonyl (C=O) groups is 1. The minimum absolute atomic E-state index is 0.0834. The van der Waals surface area contributed by atoms with Crippen molar-refractivity contribution in [3.63, 3.8) is 0 Å². The first-order valence-electron chi connectivity index (χ1n) is 11.3. The average Bonchev–Trinajstić information content (AvgIpc) is 3.41. The van der Waals surface area contributed by atoms with E-state index in [2.05, 4.69) is 4.98 Å². The predicted molar refractivity (Wildman–Crippen MR) is 135 cm³/mol. The summed E-state index contributed by atoms with van der Waals surface area (Å²) in [5.41, 5.74) is 6.09. The molecular formula is C26H28FN3O4S. The Morgan fingerprint density at radius 1 is 1.17 bits per heavy atom. The van der Waals surface area contributed by atoms with Crippen LogP contribution in [0.2, 0.25) is 0 Å². The number of ether oxygens (including phenoxy) is 2. The summed E-state index contributed by atoms with van der Waals surface area (Å²) in [4.78, 5) is 19.5. The highest BCUT2D eigenvalue weighted by Crippen LogP contribution is 2.40. The molecule has 4 aromatic rings. The maximum atomic E-state index is 14.2. The molecule has 1 aromatic carbocycles. The highest BCUT2D eigenvalue weighted by Gasteiger charge is 2.23. The lowest BCUT2D eigenvalue weighted by molar-refractivity contribution is 0.0222. The van der Waals surface area contributed by atoms with Crippen LogP contribution >= 0.6 is 11.3 Å². The number of hydrogen-bond donors (Lipinski definition) is 1. The molecular weight excluding hydrogens is 469 g/mol. The molecule has 0 fully saturated rings. The molecule has 0 saturated heterocycles. The van der Waals surface area contributed by atoms with Gasteiger partial charge in [0.05, 0.1) is 21.6 Å². The Kier molecular flexibility index (Phi) is 6.98. The number of rotatable bonds is 7. The monoisotopic (exact) mass is 497 g/mol. The van der Waals surface area contributed by atoms with Crippen molar-refractivity contribution in [3.8, 4) is 22.1 Å². The molecule has 9 heteroatoms. The number of benzene rings is 1. The van der Waals surface area contributed by atoms with Gasteiger partial charge in [-0.15, -0.1) is 11.3 Å². The number of carbonyl (C=O) groups excluding carboxylic acids is 1. The number of nitrogens with two attached hydrogens (primary N) is 1. The summed E-state index contributed by atoms with van der Waals surface area (Å²) in [5.74, 6) is 1.32. The Morgan fingerprint density at radius 2 is 1.97 bits per heavy atom. The maximum Gasteiger partial charge on any atom is 0.410 e. The Balaban J connectivity index is 1.56. The number of halogens is 1. The number of hydrogen-bond acceptors (Lipinski definition) is 7. The molecule has 0 saturated carbocycles. The Hall–Kier alpha value is -3.59. The molecule has 3 aromatic heterocycles. The number of anilines is 1. The minimum atomic E-state index is -0.573. The van der Waals surface area contributed by atoms with E-state index >= 15 is 0 Å². The van der Waals surface area contributed by atoms with Gasteiger partial charge in [-0.1, -0.05) is 6.92 Å². The van der Waals surface area contributed by atoms with E-state index in [0.29, 0.717) is 41.6 Å². The fraction of sp³-hybridized carbons (Fsp3) is 0.308. The highest BCUT2D eigenvalue weighted by atomic mass is 32.1. The summed E-state index contributed by atoms with van der Waals surface area (Å²) in [5, 5.41) is 0. The molecule has 0 spiro atoms. The van der Waals surface area contributed by atoms with Gasteiger partial charge in [-0.25, -0.2) is 9.18 Å². The van der Waals surface area contributed by atoms with E-state index in [9.17, 15) is 9.18 Å². The lowest BCUT2D eigenvalue weighted by Gasteiger charge is -2.26. The van der Waals surface area contributed by atoms with Crippen molar-refractivity contribution in [2.75, 3.05) is 12.3 Å². The van der Waals surface area contributed by atoms with E-state index in [4.69, 9.17) is 19.6 Å². The first kappa shape index (κ1) is 24.5. The fourth-order valence-corrected chi connectivity index (χ4v) is 4.48. The molecule has 2 N–H and O–H groups in total. The SMILES string of the molecule is CCCN(Cc1ccc(-c2cc3nccc(Oc4ccc(N)cc4F)c3s2)o1)C(=O)OC(C)(C)C. The van der Waals surface area contributed by atoms with Crippen LogP contribution in [-0.4, -0.2) is 28.1 Å². The van der Waals surface area contributed by atoms with Gasteiger partial charge >= 0.3 is 6.09 Å². The van der Waals surface area contributed by atoms with Crippen LogP contribution in [0, 0.1) is 5.82 Å². The third kappa shape index (κ3) is 5.92. The van der Waals surface area contributed by atoms with E-state index in [1.165, 1.54) is 23.5 Å². The van der Waals surface area contributed by atoms with Crippen LogP contribution in [0.5, 0.6) is 11.5 Å². The molecule has 1 amide bonds. The second kappa shape index (κ2) is 9.95. The number of amides is 1. The Labute approximate surface area is 207 Å². The molecule has 0 bridgehead atoms. The van der Waals surface area contributed by atoms with Crippen molar-refractivity contribution in [1.82, 2.24) is 9.88 Å². The van der Waals surface area contributed by atoms with Gasteiger partial charge in [0, 0.05) is 30.6 Å². The fourth-order valence-electron chi connectivity index (χ4n) is 3.45. The largest absolute Gasteiger partial charge is 0.458 e. The van der Waals surface area contributed by atoms with Crippen LogP contribution in [-0.2, 0) is 11.3 Å². The number of aromatic nitrogens is 1. The maximum absolute atomic E-state index is 14.2. The molecule has 0 unspecified atom stereocenters. The summed E-state index contributed by atoms with van der Waals surface area (Å²) >= 11 is 1.43. The predicted octanol–water partition coefficient (Wildman–Crippen LogP) is 7.22. The van der Waals surface area contributed by atoms with Crippen molar-refractivity contribution in [1.29, 1.82) is 0 Å². The number of fused-ring (bicyclic) bond motifs is 1. The minimum Gasteiger partial charge on any atom is -0.458 e. The van der Waals surface area contributed by atoms with Gasteiger partial charge in [0.1, 0.15) is 22.9 Å². The number of nitrogen functional groups attached to an aromatic ring is 1. The number of pyridine rings is 1. The van der Waals surface area contributed by atoms with E-state index < -0.39 is 11.4 Å². The van der Waals surface area contributed by atoms with Crippen molar-refractivity contribution in [2.45, 2.75) is 46.3 Å². The first-order chi connectivity index (χ1) is 16.6. The topological polar surface area (TPSA) is 90.8 Å². The molecule has 7 nitrogen and oxygen atoms in total. The molecule has 0 aliphatic rings. The molecule has 0 radical (unpaired) electrons. The van der Waals surface area contributed by atoms with Gasteiger partial charge in [0.15, 0.2) is 11.6 Å². The second-order valence-corrected chi connectivity index (χ2v) is 10.1. The van der Waals surface area contributed by atoms with Crippen molar-refractivity contribution in [2.24, 2.45) is 0 Å². The summed E-state index contributed by atoms with van der Waals surface area (Å²) in [6.07, 6.45) is 2.03. The number of nitrogens with zero attached hydrogens (tertiary/aromatic N) is 2. The van der Waals surface area contributed by atoms with Crippen LogP contribution in [0.4, 0.5) is 14.9 Å². The Bertz CT molecular complexity index is 1340. The summed E-state index contributed by atoms with van der Waals surface area (Å²) < 4.78 is 32.4. The van der Waals surface area contributed by atoms with E-state index in [0.717, 1.165) is 16.0 Å². The van der Waals surface area contributed by atoms with Gasteiger partial charge < -0.3 is 24.5 Å². The van der Waals surface area contributed by atoms with Crippen LogP contribution < -0.4 is 10.5 Å². The Morgan fingerprint density at radius 3 is 2.69 bits per heavy atom. The standard InChI is InChI=1S/C26H28FN3O4S/c1-5-12-30(25(31)34-26(2,3)4)15-17-7-9-21(32-17)23-14-19-24(35-23)22(10-11-29-19)33-20-8-6-16(28)13-18(20)27/h6-11,13-14H,5,12,15,28H2,1-4H3. The third-order valence-electron chi connectivity index (χ3n) is 4.95. The molecule has 0 aliphatic heterocycles. The van der Waals surface area contributed by atoms with Crippen molar-refractivity contribution in [3.05, 3.63) is 60.2 Å². The van der Waals surface area contributed by atoms with Gasteiger partial charge in [-0.3, -0.25) is 4.98 Å². The van der Waals surface area contributed by atoms with Gasteiger partial charge in [-0.05, 0) is 57.5 Å². The average molecular weight is 498 g/mol. The zero-order valence-corrected chi connectivity index (χ0v) is 20.9. The molecule has 35 heavy (non-hydrogen) atoms. The summed E-state index contributed by atoms with van der Waals surface area (Å²) in [6, 6.07) is 11.6. The van der Waals surface area contributed by atoms with Crippen molar-refractivity contribution < 1.29 is 23.1 Å². The van der Waals surface area contributed by atoms with Crippen LogP contribution in [0.25, 0.3) is 20.9 Å². The zero-order chi connectivity index (χ0) is 25.2. The number of thiophene rings is 1. The van der Waals surface area contributed by atoms with E-state index in [1.54, 1.807) is 23.2 Å². The summed E-state index contributed by atoms with van der Waals surface area (Å²) in [7, 11) is 0. The molecule has 3 heterocycles. The summed E-state index contributed by atoms with van der Waals surface area (Å²) in [6.45, 7) is 8.39. The lowest BCUT2D eigenvalue weighted by Crippen LogP contribution is -2.36. The lowest BCUT2D eigenvalue weighted by atomic mass is 10.2. The van der Waals surface area contributed by atoms with E-state index in [-0.39, 0.29) is 11.8 Å². The first-order valence-corrected chi connectivity index (χ1v) is 12.1. The number of furan rings is 1. The van der Waals surface area contributed by atoms with Gasteiger partial charge in [0.25, 0.3) is 0 Å².